The van der Waals surface area contributed by atoms with E-state index in [1.807, 2.05) is 60.7 Å². The second-order valence-electron chi connectivity index (χ2n) is 9.62. The zero-order chi connectivity index (χ0) is 26.3. The summed E-state index contributed by atoms with van der Waals surface area (Å²) in [6, 6.07) is 25.4. The van der Waals surface area contributed by atoms with Crippen LogP contribution in [0.1, 0.15) is 28.7 Å². The monoisotopic (exact) mass is 527 g/mol. The Morgan fingerprint density at radius 1 is 0.921 bits per heavy atom. The van der Waals surface area contributed by atoms with Gasteiger partial charge in [0.1, 0.15) is 23.0 Å². The van der Waals surface area contributed by atoms with E-state index < -0.39 is 5.63 Å². The lowest BCUT2D eigenvalue weighted by atomic mass is 9.98. The van der Waals surface area contributed by atoms with Crippen LogP contribution in [0.4, 0.5) is 0 Å². The largest absolute Gasteiger partial charge is 0.493 e. The smallest absolute Gasteiger partial charge is 0.354 e. The minimum Gasteiger partial charge on any atom is -0.493 e. The number of rotatable bonds is 9. The Balaban J connectivity index is 1.14. The second kappa shape index (κ2) is 12.3. The van der Waals surface area contributed by atoms with E-state index in [0.717, 1.165) is 61.7 Å². The highest BCUT2D eigenvalue weighted by Crippen LogP contribution is 2.26. The Kier molecular flexibility index (Phi) is 8.40. The molecule has 5 rings (SSSR count). The molecule has 7 heteroatoms. The molecule has 1 saturated heterocycles. The summed E-state index contributed by atoms with van der Waals surface area (Å²) in [6.45, 7) is 6.68. The fraction of sp³-hybridized carbons (Fsp3) is 0.290. The summed E-state index contributed by atoms with van der Waals surface area (Å²) in [6.07, 6.45) is 1.39. The van der Waals surface area contributed by atoms with Gasteiger partial charge in [0.25, 0.3) is 0 Å². The molecule has 4 aromatic rings. The molecule has 1 aliphatic heterocycles. The SMILES string of the molecule is N#Cc1c(Cc2ccccc2)c2ccc(OCCCN3CCN(Cc4ccc(Cl)cc4)CC3)cc2oc1=O. The zero-order valence-electron chi connectivity index (χ0n) is 21.2. The van der Waals surface area contributed by atoms with E-state index in [4.69, 9.17) is 20.8 Å². The van der Waals surface area contributed by atoms with Crippen molar-refractivity contribution in [1.29, 1.82) is 5.26 Å². The second-order valence-corrected chi connectivity index (χ2v) is 10.1. The Bertz CT molecular complexity index is 1470. The average Bonchev–Trinajstić information content (AvgIpc) is 2.94. The average molecular weight is 528 g/mol. The van der Waals surface area contributed by atoms with Crippen LogP contribution in [0.15, 0.2) is 82.0 Å². The first-order valence-corrected chi connectivity index (χ1v) is 13.3. The molecule has 0 unspecified atom stereocenters. The van der Waals surface area contributed by atoms with Crippen molar-refractivity contribution in [2.45, 2.75) is 19.4 Å². The van der Waals surface area contributed by atoms with Gasteiger partial charge < -0.3 is 14.1 Å². The molecule has 1 aromatic heterocycles. The van der Waals surface area contributed by atoms with Gasteiger partial charge in [-0.15, -0.1) is 0 Å². The number of nitriles is 1. The number of halogens is 1. The van der Waals surface area contributed by atoms with Crippen molar-refractivity contribution in [1.82, 2.24) is 9.80 Å². The van der Waals surface area contributed by atoms with Crippen molar-refractivity contribution >= 4 is 22.6 Å². The molecule has 0 atom stereocenters. The van der Waals surface area contributed by atoms with Crippen LogP contribution in [0.25, 0.3) is 11.0 Å². The number of piperazine rings is 1. The van der Waals surface area contributed by atoms with E-state index >= 15 is 0 Å². The van der Waals surface area contributed by atoms with Crippen molar-refractivity contribution in [3.8, 4) is 11.8 Å². The molecule has 0 spiro atoms. The van der Waals surface area contributed by atoms with Crippen LogP contribution in [0.5, 0.6) is 5.75 Å². The van der Waals surface area contributed by atoms with E-state index in [9.17, 15) is 10.1 Å². The van der Waals surface area contributed by atoms with E-state index in [0.29, 0.717) is 29.9 Å². The Hall–Kier alpha value is -3.63. The quantitative estimate of drug-likeness (QED) is 0.211. The maximum atomic E-state index is 12.5. The topological polar surface area (TPSA) is 69.7 Å². The lowest BCUT2D eigenvalue weighted by Crippen LogP contribution is -2.46. The predicted molar refractivity (Wildman–Crippen MR) is 150 cm³/mol. The third kappa shape index (κ3) is 6.43. The fourth-order valence-electron chi connectivity index (χ4n) is 4.93. The summed E-state index contributed by atoms with van der Waals surface area (Å²) in [4.78, 5) is 17.5. The summed E-state index contributed by atoms with van der Waals surface area (Å²) >= 11 is 5.99. The van der Waals surface area contributed by atoms with Crippen LogP contribution >= 0.6 is 11.6 Å². The van der Waals surface area contributed by atoms with Gasteiger partial charge in [-0.3, -0.25) is 4.90 Å². The molecule has 38 heavy (non-hydrogen) atoms. The lowest BCUT2D eigenvalue weighted by molar-refractivity contribution is 0.121. The summed E-state index contributed by atoms with van der Waals surface area (Å²) in [5, 5.41) is 11.1. The van der Waals surface area contributed by atoms with Gasteiger partial charge in [-0.25, -0.2) is 4.79 Å². The zero-order valence-corrected chi connectivity index (χ0v) is 22.0. The van der Waals surface area contributed by atoms with Gasteiger partial charge >= 0.3 is 5.63 Å². The van der Waals surface area contributed by atoms with E-state index in [-0.39, 0.29) is 5.56 Å². The normalized spacial score (nSPS) is 14.4. The molecule has 194 valence electrons. The van der Waals surface area contributed by atoms with E-state index in [1.54, 1.807) is 6.07 Å². The van der Waals surface area contributed by atoms with Gasteiger partial charge in [-0.05, 0) is 53.8 Å². The fourth-order valence-corrected chi connectivity index (χ4v) is 5.05. The van der Waals surface area contributed by atoms with Crippen molar-refractivity contribution < 1.29 is 9.15 Å². The highest BCUT2D eigenvalue weighted by Gasteiger charge is 2.18. The minimum atomic E-state index is -0.613. The van der Waals surface area contributed by atoms with Crippen molar-refractivity contribution in [2.75, 3.05) is 39.3 Å². The number of fused-ring (bicyclic) bond motifs is 1. The standard InChI is InChI=1S/C31H30ClN3O3/c32-25-9-7-24(8-10-25)22-35-16-14-34(15-17-35)13-4-18-37-26-11-12-27-28(19-23-5-2-1-3-6-23)29(21-33)31(36)38-30(27)20-26/h1-3,5-12,20H,4,13-19,22H2. The van der Waals surface area contributed by atoms with Crippen LogP contribution in [0.2, 0.25) is 5.02 Å². The lowest BCUT2D eigenvalue weighted by Gasteiger charge is -2.34. The minimum absolute atomic E-state index is 0.0586. The van der Waals surface area contributed by atoms with E-state index in [1.165, 1.54) is 5.56 Å². The summed E-state index contributed by atoms with van der Waals surface area (Å²) in [5.41, 5.74) is 2.89. The Morgan fingerprint density at radius 2 is 1.66 bits per heavy atom. The maximum Gasteiger partial charge on any atom is 0.354 e. The summed E-state index contributed by atoms with van der Waals surface area (Å²) < 4.78 is 11.5. The first kappa shape index (κ1) is 26.0. The third-order valence-corrected chi connectivity index (χ3v) is 7.25. The molecule has 0 radical (unpaired) electrons. The van der Waals surface area contributed by atoms with Crippen LogP contribution in [-0.4, -0.2) is 49.1 Å². The van der Waals surface area contributed by atoms with E-state index in [2.05, 4.69) is 21.9 Å². The van der Waals surface area contributed by atoms with Gasteiger partial charge in [0.15, 0.2) is 0 Å². The number of benzene rings is 3. The number of nitrogens with zero attached hydrogens (tertiary/aromatic N) is 3. The summed E-state index contributed by atoms with van der Waals surface area (Å²) in [5.74, 6) is 0.656. The first-order chi connectivity index (χ1) is 18.6. The predicted octanol–water partition coefficient (Wildman–Crippen LogP) is 5.50. The Morgan fingerprint density at radius 3 is 2.39 bits per heavy atom. The van der Waals surface area contributed by atoms with Crippen LogP contribution in [-0.2, 0) is 13.0 Å². The molecular formula is C31H30ClN3O3. The van der Waals surface area contributed by atoms with Crippen LogP contribution in [0, 0.1) is 11.3 Å². The first-order valence-electron chi connectivity index (χ1n) is 12.9. The van der Waals surface area contributed by atoms with Gasteiger partial charge in [0.2, 0.25) is 0 Å². The molecule has 1 aliphatic rings. The molecule has 0 N–H and O–H groups in total. The molecule has 3 aromatic carbocycles. The van der Waals surface area contributed by atoms with Crippen LogP contribution < -0.4 is 10.4 Å². The number of ether oxygens (including phenoxy) is 1. The molecule has 6 nitrogen and oxygen atoms in total. The highest BCUT2D eigenvalue weighted by molar-refractivity contribution is 6.30. The molecule has 2 heterocycles. The molecule has 0 aliphatic carbocycles. The van der Waals surface area contributed by atoms with Gasteiger partial charge in [-0.2, -0.15) is 5.26 Å². The molecule has 0 amide bonds. The van der Waals surface area contributed by atoms with Crippen molar-refractivity contribution in [3.05, 3.63) is 110 Å². The molecule has 0 saturated carbocycles. The number of hydrogen-bond acceptors (Lipinski definition) is 6. The Labute approximate surface area is 227 Å². The molecular weight excluding hydrogens is 498 g/mol. The maximum absolute atomic E-state index is 12.5. The van der Waals surface area contributed by atoms with Gasteiger partial charge in [0, 0.05) is 55.7 Å². The highest BCUT2D eigenvalue weighted by atomic mass is 35.5. The summed E-state index contributed by atoms with van der Waals surface area (Å²) in [7, 11) is 0. The van der Waals surface area contributed by atoms with Gasteiger partial charge in [-0.1, -0.05) is 54.1 Å². The number of hydrogen-bond donors (Lipinski definition) is 0. The molecule has 1 fully saturated rings. The third-order valence-electron chi connectivity index (χ3n) is 6.99. The molecule has 0 bridgehead atoms. The van der Waals surface area contributed by atoms with Crippen molar-refractivity contribution in [3.63, 3.8) is 0 Å². The van der Waals surface area contributed by atoms with Crippen LogP contribution in [0.3, 0.4) is 0 Å². The van der Waals surface area contributed by atoms with Gasteiger partial charge in [0.05, 0.1) is 6.61 Å². The van der Waals surface area contributed by atoms with Crippen molar-refractivity contribution in [2.24, 2.45) is 0 Å².